The highest BCUT2D eigenvalue weighted by Crippen LogP contribution is 2.26. The summed E-state index contributed by atoms with van der Waals surface area (Å²) in [5, 5.41) is 10.1. The van der Waals surface area contributed by atoms with Crippen molar-refractivity contribution in [1.29, 1.82) is 0 Å². The first-order chi connectivity index (χ1) is 8.09. The second-order valence-electron chi connectivity index (χ2n) is 3.80. The summed E-state index contributed by atoms with van der Waals surface area (Å²) in [6.07, 6.45) is 1.99. The maximum Gasteiger partial charge on any atom is 0.132 e. The van der Waals surface area contributed by atoms with Gasteiger partial charge >= 0.3 is 0 Å². The molecular formula is C13H11F2NO. The smallest absolute Gasteiger partial charge is 0.132 e. The number of aliphatic hydroxyl groups is 1. The third-order valence-corrected chi connectivity index (χ3v) is 2.62. The Kier molecular flexibility index (Phi) is 3.15. The Labute approximate surface area is 97.6 Å². The number of halogens is 2. The average molecular weight is 235 g/mol. The molecule has 17 heavy (non-hydrogen) atoms. The van der Waals surface area contributed by atoms with Crippen molar-refractivity contribution in [2.24, 2.45) is 0 Å². The van der Waals surface area contributed by atoms with Gasteiger partial charge in [-0.05, 0) is 30.2 Å². The van der Waals surface area contributed by atoms with Gasteiger partial charge in [-0.1, -0.05) is 6.07 Å². The van der Waals surface area contributed by atoms with E-state index < -0.39 is 17.7 Å². The van der Waals surface area contributed by atoms with Crippen molar-refractivity contribution in [2.45, 2.75) is 13.0 Å². The number of benzene rings is 1. The second-order valence-corrected chi connectivity index (χ2v) is 3.80. The number of hydrogen-bond acceptors (Lipinski definition) is 2. The molecule has 0 fully saturated rings. The number of rotatable bonds is 2. The minimum absolute atomic E-state index is 0.0562. The maximum atomic E-state index is 13.5. The van der Waals surface area contributed by atoms with E-state index in [1.807, 2.05) is 0 Å². The standard InChI is InChI=1S/C13H11F2NO/c1-8-7-16-5-4-10(8)13(17)11-3-2-9(14)6-12(11)15/h2-7,13,17H,1H3. The van der Waals surface area contributed by atoms with Crippen LogP contribution in [0, 0.1) is 18.6 Å². The molecule has 1 atom stereocenters. The molecule has 1 N–H and O–H groups in total. The molecule has 1 unspecified atom stereocenters. The number of aromatic nitrogens is 1. The quantitative estimate of drug-likeness (QED) is 0.868. The highest BCUT2D eigenvalue weighted by molar-refractivity contribution is 5.34. The van der Waals surface area contributed by atoms with Gasteiger partial charge in [-0.3, -0.25) is 4.98 Å². The molecule has 0 amide bonds. The van der Waals surface area contributed by atoms with Crippen LogP contribution >= 0.6 is 0 Å². The molecule has 1 aromatic carbocycles. The van der Waals surface area contributed by atoms with Crippen LogP contribution in [0.25, 0.3) is 0 Å². The molecule has 0 bridgehead atoms. The lowest BCUT2D eigenvalue weighted by Crippen LogP contribution is -2.05. The lowest BCUT2D eigenvalue weighted by molar-refractivity contribution is 0.214. The van der Waals surface area contributed by atoms with E-state index in [2.05, 4.69) is 4.98 Å². The van der Waals surface area contributed by atoms with E-state index in [0.29, 0.717) is 5.56 Å². The Morgan fingerprint density at radius 3 is 2.59 bits per heavy atom. The second kappa shape index (κ2) is 4.59. The highest BCUT2D eigenvalue weighted by Gasteiger charge is 2.17. The van der Waals surface area contributed by atoms with Gasteiger partial charge in [0.15, 0.2) is 0 Å². The van der Waals surface area contributed by atoms with Crippen molar-refractivity contribution in [3.05, 3.63) is 65.0 Å². The zero-order valence-electron chi connectivity index (χ0n) is 9.19. The van der Waals surface area contributed by atoms with Gasteiger partial charge < -0.3 is 5.11 Å². The van der Waals surface area contributed by atoms with Crippen molar-refractivity contribution in [3.8, 4) is 0 Å². The van der Waals surface area contributed by atoms with Crippen LogP contribution in [0.5, 0.6) is 0 Å². The minimum Gasteiger partial charge on any atom is -0.384 e. The molecule has 1 heterocycles. The highest BCUT2D eigenvalue weighted by atomic mass is 19.1. The Morgan fingerprint density at radius 1 is 1.18 bits per heavy atom. The molecule has 1 aromatic heterocycles. The molecule has 2 aromatic rings. The van der Waals surface area contributed by atoms with Crippen molar-refractivity contribution in [2.75, 3.05) is 0 Å². The third kappa shape index (κ3) is 2.31. The molecule has 0 saturated carbocycles. The van der Waals surface area contributed by atoms with E-state index in [1.165, 1.54) is 12.3 Å². The van der Waals surface area contributed by atoms with E-state index in [-0.39, 0.29) is 5.56 Å². The first-order valence-electron chi connectivity index (χ1n) is 5.13. The van der Waals surface area contributed by atoms with E-state index in [4.69, 9.17) is 0 Å². The molecule has 0 radical (unpaired) electrons. The molecule has 0 spiro atoms. The van der Waals surface area contributed by atoms with Crippen LogP contribution in [0.15, 0.2) is 36.7 Å². The summed E-state index contributed by atoms with van der Waals surface area (Å²) in [6, 6.07) is 4.74. The molecular weight excluding hydrogens is 224 g/mol. The number of nitrogens with zero attached hydrogens (tertiary/aromatic N) is 1. The van der Waals surface area contributed by atoms with Gasteiger partial charge in [0.05, 0.1) is 0 Å². The summed E-state index contributed by atoms with van der Waals surface area (Å²) in [5.74, 6) is -1.42. The minimum atomic E-state index is -1.11. The van der Waals surface area contributed by atoms with Crippen LogP contribution in [-0.4, -0.2) is 10.1 Å². The molecule has 0 aliphatic heterocycles. The van der Waals surface area contributed by atoms with Gasteiger partial charge in [0.1, 0.15) is 17.7 Å². The van der Waals surface area contributed by atoms with Crippen LogP contribution in [0.2, 0.25) is 0 Å². The Hall–Kier alpha value is -1.81. The molecule has 2 nitrogen and oxygen atoms in total. The molecule has 0 saturated heterocycles. The van der Waals surface area contributed by atoms with Crippen LogP contribution in [0.4, 0.5) is 8.78 Å². The van der Waals surface area contributed by atoms with Crippen molar-refractivity contribution in [3.63, 3.8) is 0 Å². The lowest BCUT2D eigenvalue weighted by Gasteiger charge is -2.14. The molecule has 0 aliphatic carbocycles. The van der Waals surface area contributed by atoms with E-state index >= 15 is 0 Å². The average Bonchev–Trinajstić information content (AvgIpc) is 2.29. The Bertz CT molecular complexity index is 543. The van der Waals surface area contributed by atoms with Gasteiger partial charge in [0.25, 0.3) is 0 Å². The summed E-state index contributed by atoms with van der Waals surface area (Å²) in [4.78, 5) is 3.89. The largest absolute Gasteiger partial charge is 0.384 e. The Balaban J connectivity index is 2.44. The van der Waals surface area contributed by atoms with Gasteiger partial charge in [-0.2, -0.15) is 0 Å². The van der Waals surface area contributed by atoms with E-state index in [9.17, 15) is 13.9 Å². The van der Waals surface area contributed by atoms with Crippen molar-refractivity contribution in [1.82, 2.24) is 4.98 Å². The fourth-order valence-corrected chi connectivity index (χ4v) is 1.68. The van der Waals surface area contributed by atoms with E-state index in [1.54, 1.807) is 19.2 Å². The van der Waals surface area contributed by atoms with Crippen LogP contribution < -0.4 is 0 Å². The lowest BCUT2D eigenvalue weighted by atomic mass is 9.99. The van der Waals surface area contributed by atoms with Gasteiger partial charge in [0, 0.05) is 24.0 Å². The SMILES string of the molecule is Cc1cnccc1C(O)c1ccc(F)cc1F. The number of aliphatic hydroxyl groups excluding tert-OH is 1. The summed E-state index contributed by atoms with van der Waals surface area (Å²) in [5.41, 5.74) is 1.37. The summed E-state index contributed by atoms with van der Waals surface area (Å²) in [6.45, 7) is 1.77. The van der Waals surface area contributed by atoms with E-state index in [0.717, 1.165) is 17.7 Å². The van der Waals surface area contributed by atoms with Gasteiger partial charge in [-0.15, -0.1) is 0 Å². The fourth-order valence-electron chi connectivity index (χ4n) is 1.68. The van der Waals surface area contributed by atoms with Crippen molar-refractivity contribution < 1.29 is 13.9 Å². The molecule has 2 rings (SSSR count). The summed E-state index contributed by atoms with van der Waals surface area (Å²) < 4.78 is 26.3. The monoisotopic (exact) mass is 235 g/mol. The Morgan fingerprint density at radius 2 is 1.94 bits per heavy atom. The summed E-state index contributed by atoms with van der Waals surface area (Å²) in [7, 11) is 0. The zero-order valence-corrected chi connectivity index (χ0v) is 9.19. The topological polar surface area (TPSA) is 33.1 Å². The first kappa shape index (κ1) is 11.7. The van der Waals surface area contributed by atoms with Crippen molar-refractivity contribution >= 4 is 0 Å². The molecule has 4 heteroatoms. The van der Waals surface area contributed by atoms with Crippen LogP contribution in [0.3, 0.4) is 0 Å². The van der Waals surface area contributed by atoms with Gasteiger partial charge in [-0.25, -0.2) is 8.78 Å². The molecule has 88 valence electrons. The van der Waals surface area contributed by atoms with Gasteiger partial charge in [0.2, 0.25) is 0 Å². The normalized spacial score (nSPS) is 12.5. The van der Waals surface area contributed by atoms with Crippen LogP contribution in [0.1, 0.15) is 22.8 Å². The maximum absolute atomic E-state index is 13.5. The first-order valence-corrected chi connectivity index (χ1v) is 5.13. The predicted molar refractivity (Wildman–Crippen MR) is 59.4 cm³/mol. The number of hydrogen-bond donors (Lipinski definition) is 1. The third-order valence-electron chi connectivity index (χ3n) is 2.62. The van der Waals surface area contributed by atoms with Crippen LogP contribution in [-0.2, 0) is 0 Å². The fraction of sp³-hybridized carbons (Fsp3) is 0.154. The predicted octanol–water partition coefficient (Wildman–Crippen LogP) is 2.75. The number of aryl methyl sites for hydroxylation is 1. The zero-order chi connectivity index (χ0) is 12.4. The molecule has 0 aliphatic rings. The number of pyridine rings is 1. The summed E-state index contributed by atoms with van der Waals surface area (Å²) >= 11 is 0.